The zero-order chi connectivity index (χ0) is 29.9. The predicted molar refractivity (Wildman–Crippen MR) is 127 cm³/mol. The number of nitrogens with zero attached hydrogens (tertiary/aromatic N) is 2. The average Bonchev–Trinajstić information content (AvgIpc) is 3.14. The SMILES string of the molecule is [2H][C@@]1(n2ccc(NO)nc2=O)O[C@H](COC(=O)CCCC)[C@@H](OC(=O)CCCC)[C@H]1OC(=O)CCCC(F)(F)F. The van der Waals surface area contributed by atoms with E-state index in [2.05, 4.69) is 4.98 Å². The van der Waals surface area contributed by atoms with Gasteiger partial charge in [-0.25, -0.2) is 4.79 Å². The summed E-state index contributed by atoms with van der Waals surface area (Å²) in [4.78, 5) is 53.5. The minimum atomic E-state index is -4.51. The van der Waals surface area contributed by atoms with Crippen LogP contribution in [-0.2, 0) is 33.3 Å². The Balaban J connectivity index is 2.44. The first kappa shape index (κ1) is 30.3. The van der Waals surface area contributed by atoms with Gasteiger partial charge < -0.3 is 18.9 Å². The molecule has 1 saturated heterocycles. The highest BCUT2D eigenvalue weighted by molar-refractivity contribution is 5.71. The Hall–Kier alpha value is -3.20. The molecule has 2 rings (SSSR count). The number of nitrogens with one attached hydrogen (secondary N) is 1. The molecule has 39 heavy (non-hydrogen) atoms. The van der Waals surface area contributed by atoms with Gasteiger partial charge in [0, 0.05) is 31.9 Å². The Bertz CT molecular complexity index is 1070. The van der Waals surface area contributed by atoms with Gasteiger partial charge in [-0.1, -0.05) is 26.7 Å². The van der Waals surface area contributed by atoms with Crippen LogP contribution in [0.25, 0.3) is 0 Å². The van der Waals surface area contributed by atoms with Gasteiger partial charge >= 0.3 is 29.8 Å². The number of unbranched alkanes of at least 4 members (excludes halogenated alkanes) is 2. The fourth-order valence-corrected chi connectivity index (χ4v) is 3.57. The summed E-state index contributed by atoms with van der Waals surface area (Å²) in [6.45, 7) is 3.15. The maximum Gasteiger partial charge on any atom is 0.389 e. The van der Waals surface area contributed by atoms with E-state index in [0.29, 0.717) is 30.3 Å². The van der Waals surface area contributed by atoms with Crippen LogP contribution < -0.4 is 11.2 Å². The number of rotatable bonds is 15. The molecule has 0 spiro atoms. The van der Waals surface area contributed by atoms with E-state index in [9.17, 15) is 32.3 Å². The van der Waals surface area contributed by atoms with Gasteiger partial charge in [0.1, 0.15) is 12.7 Å². The molecule has 0 bridgehead atoms. The first-order valence-electron chi connectivity index (χ1n) is 13.1. The van der Waals surface area contributed by atoms with Crippen molar-refractivity contribution in [2.75, 3.05) is 12.1 Å². The first-order chi connectivity index (χ1) is 18.8. The standard InChI is InChI=1S/C24H34F3N3O9/c1-3-5-8-17(31)36-14-15-20(38-18(32)9-6-4-2)21(39-19(33)10-7-12-24(25,26)27)22(37-15)30-13-11-16(29-35)28-23(30)34/h11,13,15,20-22,35H,3-10,12,14H2,1-2H3,(H,28,29,34)/t15-,20-,21-,22-/m1/s1/i22D. The van der Waals surface area contributed by atoms with Crippen molar-refractivity contribution in [1.29, 1.82) is 0 Å². The number of alkyl halides is 3. The third-order valence-electron chi connectivity index (χ3n) is 5.58. The predicted octanol–water partition coefficient (Wildman–Crippen LogP) is 3.42. The van der Waals surface area contributed by atoms with Crippen molar-refractivity contribution >= 4 is 23.7 Å². The minimum Gasteiger partial charge on any atom is -0.463 e. The lowest BCUT2D eigenvalue weighted by Crippen LogP contribution is -2.42. The molecular weight excluding hydrogens is 531 g/mol. The molecule has 12 nitrogen and oxygen atoms in total. The molecule has 0 saturated carbocycles. The van der Waals surface area contributed by atoms with E-state index in [1.165, 1.54) is 0 Å². The van der Waals surface area contributed by atoms with Gasteiger partial charge in [0.15, 0.2) is 24.2 Å². The quantitative estimate of drug-likeness (QED) is 0.182. The average molecular weight is 567 g/mol. The number of anilines is 1. The van der Waals surface area contributed by atoms with Gasteiger partial charge in [0.05, 0.1) is 1.37 Å². The van der Waals surface area contributed by atoms with Gasteiger partial charge in [-0.3, -0.25) is 29.6 Å². The number of aromatic nitrogens is 2. The van der Waals surface area contributed by atoms with E-state index in [-0.39, 0.29) is 18.7 Å². The van der Waals surface area contributed by atoms with Gasteiger partial charge in [0.2, 0.25) is 0 Å². The summed E-state index contributed by atoms with van der Waals surface area (Å²) in [5.74, 6) is -2.82. The highest BCUT2D eigenvalue weighted by Gasteiger charge is 2.51. The molecule has 0 amide bonds. The second-order valence-corrected chi connectivity index (χ2v) is 8.80. The Labute approximate surface area is 224 Å². The fraction of sp³-hybridized carbons (Fsp3) is 0.708. The highest BCUT2D eigenvalue weighted by Crippen LogP contribution is 2.34. The maximum absolute atomic E-state index is 12.7. The zero-order valence-corrected chi connectivity index (χ0v) is 21.7. The Kier molecular flexibility index (Phi) is 12.0. The molecule has 0 radical (unpaired) electrons. The number of halogens is 3. The van der Waals surface area contributed by atoms with Crippen molar-refractivity contribution in [2.45, 2.75) is 102 Å². The molecular formula is C24H34F3N3O9. The van der Waals surface area contributed by atoms with Crippen LogP contribution in [0.5, 0.6) is 0 Å². The molecule has 220 valence electrons. The lowest BCUT2D eigenvalue weighted by Gasteiger charge is -2.25. The van der Waals surface area contributed by atoms with Crippen molar-refractivity contribution in [3.8, 4) is 0 Å². The van der Waals surface area contributed by atoms with Crippen LogP contribution >= 0.6 is 0 Å². The zero-order valence-electron chi connectivity index (χ0n) is 22.7. The van der Waals surface area contributed by atoms with Gasteiger partial charge in [0.25, 0.3) is 0 Å². The molecule has 4 atom stereocenters. The van der Waals surface area contributed by atoms with Crippen LogP contribution in [0, 0.1) is 0 Å². The molecule has 15 heteroatoms. The second kappa shape index (κ2) is 15.4. The van der Waals surface area contributed by atoms with Crippen LogP contribution in [0.4, 0.5) is 19.0 Å². The number of carbonyl (C=O) groups excluding carboxylic acids is 3. The smallest absolute Gasteiger partial charge is 0.389 e. The van der Waals surface area contributed by atoms with E-state index in [1.54, 1.807) is 5.48 Å². The number of carbonyl (C=O) groups is 3. The van der Waals surface area contributed by atoms with Crippen molar-refractivity contribution in [1.82, 2.24) is 9.55 Å². The van der Waals surface area contributed by atoms with Gasteiger partial charge in [-0.2, -0.15) is 18.2 Å². The Morgan fingerprint density at radius 3 is 2.23 bits per heavy atom. The van der Waals surface area contributed by atoms with Crippen molar-refractivity contribution in [2.24, 2.45) is 0 Å². The highest BCUT2D eigenvalue weighted by atomic mass is 19.4. The van der Waals surface area contributed by atoms with E-state index >= 15 is 0 Å². The van der Waals surface area contributed by atoms with Gasteiger partial charge in [-0.15, -0.1) is 0 Å². The molecule has 2 heterocycles. The van der Waals surface area contributed by atoms with Crippen molar-refractivity contribution < 1.29 is 53.1 Å². The van der Waals surface area contributed by atoms with Crippen LogP contribution in [0.15, 0.2) is 17.1 Å². The Morgan fingerprint density at radius 2 is 1.67 bits per heavy atom. The third kappa shape index (κ3) is 10.5. The lowest BCUT2D eigenvalue weighted by atomic mass is 10.1. The van der Waals surface area contributed by atoms with Gasteiger partial charge in [-0.05, 0) is 25.3 Å². The molecule has 0 aliphatic carbocycles. The van der Waals surface area contributed by atoms with E-state index < -0.39 is 80.2 Å². The fourth-order valence-electron chi connectivity index (χ4n) is 3.57. The van der Waals surface area contributed by atoms with E-state index in [4.69, 9.17) is 25.5 Å². The summed E-state index contributed by atoms with van der Waals surface area (Å²) in [6.07, 6.45) is -11.2. The Morgan fingerprint density at radius 1 is 1.08 bits per heavy atom. The van der Waals surface area contributed by atoms with E-state index in [0.717, 1.165) is 12.3 Å². The van der Waals surface area contributed by atoms with Crippen LogP contribution in [-0.4, -0.2) is 63.8 Å². The topological polar surface area (TPSA) is 155 Å². The molecule has 2 N–H and O–H groups in total. The van der Waals surface area contributed by atoms with E-state index in [1.807, 2.05) is 13.8 Å². The molecule has 0 aromatic carbocycles. The maximum atomic E-state index is 12.7. The first-order valence-corrected chi connectivity index (χ1v) is 12.6. The van der Waals surface area contributed by atoms with Crippen molar-refractivity contribution in [3.05, 3.63) is 22.7 Å². The largest absolute Gasteiger partial charge is 0.463 e. The lowest BCUT2D eigenvalue weighted by molar-refractivity contribution is -0.170. The summed E-state index contributed by atoms with van der Waals surface area (Å²) >= 11 is 0. The monoisotopic (exact) mass is 566 g/mol. The molecule has 1 aromatic rings. The molecule has 1 fully saturated rings. The normalized spacial score (nSPS) is 23.1. The number of ether oxygens (including phenoxy) is 4. The van der Waals surface area contributed by atoms with Crippen LogP contribution in [0.3, 0.4) is 0 Å². The van der Waals surface area contributed by atoms with Crippen LogP contribution in [0.2, 0.25) is 0 Å². The summed E-state index contributed by atoms with van der Waals surface area (Å²) in [5.41, 5.74) is 0.510. The summed E-state index contributed by atoms with van der Waals surface area (Å²) in [6, 6.07) is 1.09. The summed E-state index contributed by atoms with van der Waals surface area (Å²) < 4.78 is 69.1. The van der Waals surface area contributed by atoms with Crippen LogP contribution in [0.1, 0.15) is 79.2 Å². The third-order valence-corrected chi connectivity index (χ3v) is 5.58. The second-order valence-electron chi connectivity index (χ2n) is 8.80. The minimum absolute atomic E-state index is 0.0500. The molecule has 1 aliphatic rings. The number of esters is 3. The number of hydrogen-bond acceptors (Lipinski definition) is 11. The number of hydrogen-bond donors (Lipinski definition) is 2. The molecule has 1 aromatic heterocycles. The van der Waals surface area contributed by atoms with Crippen molar-refractivity contribution in [3.63, 3.8) is 0 Å². The molecule has 1 aliphatic heterocycles. The summed E-state index contributed by atoms with van der Waals surface area (Å²) in [5, 5.41) is 9.04. The molecule has 0 unspecified atom stereocenters. The summed E-state index contributed by atoms with van der Waals surface area (Å²) in [7, 11) is 0.